The van der Waals surface area contributed by atoms with E-state index in [2.05, 4.69) is 5.32 Å². The zero-order valence-electron chi connectivity index (χ0n) is 19.5. The van der Waals surface area contributed by atoms with E-state index < -0.39 is 28.0 Å². The van der Waals surface area contributed by atoms with Crippen LogP contribution in [0.3, 0.4) is 0 Å². The van der Waals surface area contributed by atoms with Gasteiger partial charge in [-0.1, -0.05) is 6.07 Å². The van der Waals surface area contributed by atoms with Crippen LogP contribution >= 0.6 is 0 Å². The van der Waals surface area contributed by atoms with Crippen LogP contribution in [-0.2, 0) is 14.8 Å². The van der Waals surface area contributed by atoms with Crippen LogP contribution in [0.4, 0.5) is 8.78 Å². The van der Waals surface area contributed by atoms with Crippen molar-refractivity contribution < 1.29 is 31.8 Å². The van der Waals surface area contributed by atoms with Gasteiger partial charge < -0.3 is 15.2 Å². The Hall–Kier alpha value is -1.78. The van der Waals surface area contributed by atoms with E-state index in [1.807, 2.05) is 6.92 Å². The van der Waals surface area contributed by atoms with Crippen molar-refractivity contribution in [2.45, 2.75) is 93.7 Å². The summed E-state index contributed by atoms with van der Waals surface area (Å²) in [5, 5.41) is 12.9. The summed E-state index contributed by atoms with van der Waals surface area (Å²) in [6.07, 6.45) is 4.45. The van der Waals surface area contributed by atoms with E-state index in [1.54, 1.807) is 12.1 Å². The van der Waals surface area contributed by atoms with Crippen molar-refractivity contribution in [1.82, 2.24) is 9.62 Å². The molecule has 1 aromatic rings. The van der Waals surface area contributed by atoms with Crippen LogP contribution < -0.4 is 10.1 Å². The smallest absolute Gasteiger partial charge is 0.322 e. The summed E-state index contributed by atoms with van der Waals surface area (Å²) in [6, 6.07) is 3.79. The maximum atomic E-state index is 13.4. The minimum Gasteiger partial charge on any atom is -0.492 e. The van der Waals surface area contributed by atoms with Gasteiger partial charge in [0.1, 0.15) is 16.7 Å². The molecule has 3 atom stereocenters. The fourth-order valence-electron chi connectivity index (χ4n) is 5.16. The topological polar surface area (TPSA) is 95.9 Å². The maximum absolute atomic E-state index is 13.4. The van der Waals surface area contributed by atoms with Crippen molar-refractivity contribution in [3.8, 4) is 5.75 Å². The number of unbranched alkanes of at least 4 members (excludes halogenated alkanes) is 2. The highest BCUT2D eigenvalue weighted by Gasteiger charge is 2.59. The summed E-state index contributed by atoms with van der Waals surface area (Å²) in [6.45, 7) is 2.95. The Kier molecular flexibility index (Phi) is 7.50. The summed E-state index contributed by atoms with van der Waals surface area (Å²) in [5.41, 5.74) is 0.858. The maximum Gasteiger partial charge on any atom is 0.322 e. The van der Waals surface area contributed by atoms with Crippen molar-refractivity contribution in [2.75, 3.05) is 13.2 Å². The number of sulfonamides is 1. The van der Waals surface area contributed by atoms with Gasteiger partial charge in [0.25, 0.3) is 0 Å². The number of carboxylic acid groups (broad SMARTS) is 1. The third-order valence-electron chi connectivity index (χ3n) is 7.21. The number of nitrogens with zero attached hydrogens (tertiary/aromatic N) is 1. The zero-order chi connectivity index (χ0) is 24.5. The lowest BCUT2D eigenvalue weighted by Crippen LogP contribution is -2.43. The lowest BCUT2D eigenvalue weighted by molar-refractivity contribution is -0.141. The zero-order valence-corrected chi connectivity index (χ0v) is 20.3. The number of nitrogens with one attached hydrogen (secondary N) is 1. The van der Waals surface area contributed by atoms with Gasteiger partial charge in [-0.3, -0.25) is 4.79 Å². The second kappa shape index (κ2) is 10.1. The van der Waals surface area contributed by atoms with Gasteiger partial charge in [-0.25, -0.2) is 17.2 Å². The van der Waals surface area contributed by atoms with Crippen LogP contribution in [0.5, 0.6) is 5.75 Å². The molecule has 2 saturated carbocycles. The molecule has 1 saturated heterocycles. The molecule has 0 amide bonds. The molecule has 3 fully saturated rings. The van der Waals surface area contributed by atoms with E-state index >= 15 is 0 Å². The van der Waals surface area contributed by atoms with Crippen molar-refractivity contribution in [1.29, 1.82) is 0 Å². The molecule has 7 nitrogen and oxygen atoms in total. The number of hydrogen-bond acceptors (Lipinski definition) is 5. The molecular weight excluding hydrogens is 466 g/mol. The van der Waals surface area contributed by atoms with E-state index in [9.17, 15) is 27.1 Å². The van der Waals surface area contributed by atoms with Gasteiger partial charge in [0.15, 0.2) is 0 Å². The first-order valence-corrected chi connectivity index (χ1v) is 13.6. The van der Waals surface area contributed by atoms with Crippen LogP contribution in [-0.4, -0.2) is 61.0 Å². The molecule has 2 N–H and O–H groups in total. The van der Waals surface area contributed by atoms with Gasteiger partial charge in [-0.05, 0) is 82.0 Å². The molecule has 1 aromatic carbocycles. The van der Waals surface area contributed by atoms with Crippen LogP contribution in [0, 0.1) is 12.8 Å². The number of halogens is 2. The molecule has 10 heteroatoms. The number of piperidine rings is 1. The Morgan fingerprint density at radius 3 is 2.65 bits per heavy atom. The van der Waals surface area contributed by atoms with Crippen LogP contribution in [0.2, 0.25) is 0 Å². The molecule has 0 spiro atoms. The molecular formula is C24H34F2N2O5S. The second-order valence-electron chi connectivity index (χ2n) is 9.93. The van der Waals surface area contributed by atoms with Crippen molar-refractivity contribution in [2.24, 2.45) is 5.92 Å². The number of carboxylic acids is 1. The lowest BCUT2D eigenvalue weighted by atomic mass is 9.92. The number of hydrogen-bond donors (Lipinski definition) is 2. The Balaban J connectivity index is 1.27. The molecule has 1 aliphatic heterocycles. The Bertz CT molecular complexity index is 993. The van der Waals surface area contributed by atoms with Crippen molar-refractivity contribution >= 4 is 16.0 Å². The first-order chi connectivity index (χ1) is 16.1. The summed E-state index contributed by atoms with van der Waals surface area (Å²) < 4.78 is 60.3. The Morgan fingerprint density at radius 2 is 1.94 bits per heavy atom. The largest absolute Gasteiger partial charge is 0.492 e. The Morgan fingerprint density at radius 1 is 1.21 bits per heavy atom. The molecule has 1 heterocycles. The number of aryl methyl sites for hydroxylation is 1. The predicted octanol–water partition coefficient (Wildman–Crippen LogP) is 3.95. The SMILES string of the molecule is Cc1ccc(S(=O)(=O)N2[C@@H]3C[C@@H]3C[C@H]2C(=O)O)c(OCCCCCNC2CCC(F)(F)CC2)c1. The Labute approximate surface area is 199 Å². The molecule has 0 aromatic heterocycles. The molecule has 190 valence electrons. The number of fused-ring (bicyclic) bond motifs is 1. The van der Waals surface area contributed by atoms with Crippen molar-refractivity contribution in [3.05, 3.63) is 23.8 Å². The minimum absolute atomic E-state index is 0.0210. The van der Waals surface area contributed by atoms with E-state index in [0.717, 1.165) is 31.4 Å². The molecule has 2 aliphatic carbocycles. The van der Waals surface area contributed by atoms with E-state index in [1.165, 1.54) is 10.4 Å². The van der Waals surface area contributed by atoms with Gasteiger partial charge in [-0.2, -0.15) is 4.31 Å². The predicted molar refractivity (Wildman–Crippen MR) is 123 cm³/mol. The number of aliphatic carboxylic acids is 1. The van der Waals surface area contributed by atoms with Gasteiger partial charge in [0, 0.05) is 24.9 Å². The summed E-state index contributed by atoms with van der Waals surface area (Å²) in [4.78, 5) is 11.7. The lowest BCUT2D eigenvalue weighted by Gasteiger charge is -2.28. The standard InChI is InChI=1S/C24H34F2N2O5S/c1-16-5-6-22(34(31,32)28-19-14-17(19)15-20(28)23(29)30)21(13-16)33-12-4-2-3-11-27-18-7-9-24(25,26)10-8-18/h5-6,13,17-20,27H,2-4,7-12,14-15H2,1H3,(H,29,30)/t17-,19-,20+/m1/s1. The highest BCUT2D eigenvalue weighted by atomic mass is 32.2. The molecule has 3 aliphatic rings. The summed E-state index contributed by atoms with van der Waals surface area (Å²) >= 11 is 0. The molecule has 4 rings (SSSR count). The normalized spacial score (nSPS) is 26.9. The van der Waals surface area contributed by atoms with E-state index in [0.29, 0.717) is 32.3 Å². The second-order valence-corrected chi connectivity index (χ2v) is 11.7. The van der Waals surface area contributed by atoms with Gasteiger partial charge >= 0.3 is 5.97 Å². The number of ether oxygens (including phenoxy) is 1. The highest BCUT2D eigenvalue weighted by molar-refractivity contribution is 7.89. The van der Waals surface area contributed by atoms with Gasteiger partial charge in [-0.15, -0.1) is 0 Å². The third-order valence-corrected chi connectivity index (χ3v) is 9.19. The van der Waals surface area contributed by atoms with Crippen LogP contribution in [0.15, 0.2) is 23.1 Å². The van der Waals surface area contributed by atoms with Gasteiger partial charge in [0.2, 0.25) is 15.9 Å². The minimum atomic E-state index is -4.00. The first-order valence-electron chi connectivity index (χ1n) is 12.2. The quantitative estimate of drug-likeness (QED) is 0.447. The van der Waals surface area contributed by atoms with Crippen LogP contribution in [0.25, 0.3) is 0 Å². The average molecular weight is 501 g/mol. The number of carbonyl (C=O) groups is 1. The van der Waals surface area contributed by atoms with Crippen LogP contribution in [0.1, 0.15) is 63.4 Å². The summed E-state index contributed by atoms with van der Waals surface area (Å²) in [5.74, 6) is -3.23. The molecule has 0 unspecified atom stereocenters. The fourth-order valence-corrected chi connectivity index (χ4v) is 7.13. The number of benzene rings is 1. The average Bonchev–Trinajstić information content (AvgIpc) is 3.41. The molecule has 0 bridgehead atoms. The fraction of sp³-hybridized carbons (Fsp3) is 0.708. The highest BCUT2D eigenvalue weighted by Crippen LogP contribution is 2.51. The third kappa shape index (κ3) is 5.71. The molecule has 0 radical (unpaired) electrons. The number of rotatable bonds is 11. The van der Waals surface area contributed by atoms with Gasteiger partial charge in [0.05, 0.1) is 6.61 Å². The first kappa shape index (κ1) is 25.3. The van der Waals surface area contributed by atoms with E-state index in [-0.39, 0.29) is 41.5 Å². The molecule has 34 heavy (non-hydrogen) atoms. The monoisotopic (exact) mass is 500 g/mol. The van der Waals surface area contributed by atoms with E-state index in [4.69, 9.17) is 4.74 Å². The number of alkyl halides is 2. The summed E-state index contributed by atoms with van der Waals surface area (Å²) in [7, 11) is -4.00. The van der Waals surface area contributed by atoms with Crippen molar-refractivity contribution in [3.63, 3.8) is 0 Å².